The molecule has 1 saturated heterocycles. The standard InChI is InChI=1S/C12H15FO2S/c1-15-9-2-3-11(13)10(8-9)12(14)4-6-16-7-5-12/h2-3,8,14H,4-7H2,1H3. The molecule has 0 saturated carbocycles. The Balaban J connectivity index is 2.37. The van der Waals surface area contributed by atoms with Crippen molar-refractivity contribution in [2.45, 2.75) is 18.4 Å². The van der Waals surface area contributed by atoms with Crippen molar-refractivity contribution in [2.24, 2.45) is 0 Å². The molecule has 0 atom stereocenters. The zero-order valence-corrected chi connectivity index (χ0v) is 10.0. The summed E-state index contributed by atoms with van der Waals surface area (Å²) in [7, 11) is 1.54. The van der Waals surface area contributed by atoms with Gasteiger partial charge in [0.15, 0.2) is 0 Å². The molecule has 0 spiro atoms. The maximum absolute atomic E-state index is 13.7. The van der Waals surface area contributed by atoms with E-state index in [9.17, 15) is 9.50 Å². The molecule has 0 aromatic heterocycles. The lowest BCUT2D eigenvalue weighted by molar-refractivity contribution is 0.0243. The van der Waals surface area contributed by atoms with Crippen molar-refractivity contribution < 1.29 is 14.2 Å². The molecule has 0 unspecified atom stereocenters. The van der Waals surface area contributed by atoms with Crippen molar-refractivity contribution in [1.82, 2.24) is 0 Å². The van der Waals surface area contributed by atoms with E-state index in [0.29, 0.717) is 24.2 Å². The van der Waals surface area contributed by atoms with Crippen LogP contribution in [0.2, 0.25) is 0 Å². The lowest BCUT2D eigenvalue weighted by Gasteiger charge is -2.32. The van der Waals surface area contributed by atoms with Crippen molar-refractivity contribution >= 4 is 11.8 Å². The van der Waals surface area contributed by atoms with Crippen molar-refractivity contribution in [1.29, 1.82) is 0 Å². The fourth-order valence-electron chi connectivity index (χ4n) is 1.97. The van der Waals surface area contributed by atoms with E-state index in [1.54, 1.807) is 23.9 Å². The predicted molar refractivity (Wildman–Crippen MR) is 63.4 cm³/mol. The Bertz CT molecular complexity index is 375. The van der Waals surface area contributed by atoms with Gasteiger partial charge in [0.1, 0.15) is 11.6 Å². The van der Waals surface area contributed by atoms with Crippen LogP contribution in [0.3, 0.4) is 0 Å². The third-order valence-corrected chi connectivity index (χ3v) is 3.98. The van der Waals surface area contributed by atoms with Gasteiger partial charge in [-0.2, -0.15) is 11.8 Å². The summed E-state index contributed by atoms with van der Waals surface area (Å²) in [5.41, 5.74) is -0.656. The maximum atomic E-state index is 13.7. The van der Waals surface area contributed by atoms with Gasteiger partial charge in [0.2, 0.25) is 0 Å². The number of thioether (sulfide) groups is 1. The average Bonchev–Trinajstić information content (AvgIpc) is 2.30. The molecular formula is C12H15FO2S. The average molecular weight is 242 g/mol. The third-order valence-electron chi connectivity index (χ3n) is 2.99. The van der Waals surface area contributed by atoms with Gasteiger partial charge in [-0.25, -0.2) is 4.39 Å². The van der Waals surface area contributed by atoms with Crippen molar-refractivity contribution in [3.05, 3.63) is 29.6 Å². The van der Waals surface area contributed by atoms with Gasteiger partial charge in [-0.3, -0.25) is 0 Å². The molecule has 0 aliphatic carbocycles. The zero-order chi connectivity index (χ0) is 11.6. The van der Waals surface area contributed by atoms with Crippen molar-refractivity contribution in [3.63, 3.8) is 0 Å². The van der Waals surface area contributed by atoms with Gasteiger partial charge in [-0.1, -0.05) is 0 Å². The lowest BCUT2D eigenvalue weighted by atomic mass is 9.87. The lowest BCUT2D eigenvalue weighted by Crippen LogP contribution is -2.31. The predicted octanol–water partition coefficient (Wildman–Crippen LogP) is 2.55. The molecule has 1 aliphatic rings. The smallest absolute Gasteiger partial charge is 0.129 e. The number of aliphatic hydroxyl groups is 1. The Morgan fingerprint density at radius 1 is 1.38 bits per heavy atom. The van der Waals surface area contributed by atoms with Gasteiger partial charge in [0.05, 0.1) is 12.7 Å². The molecule has 2 nitrogen and oxygen atoms in total. The van der Waals surface area contributed by atoms with Gasteiger partial charge in [-0.05, 0) is 42.5 Å². The van der Waals surface area contributed by atoms with Crippen LogP contribution in [0.5, 0.6) is 5.75 Å². The second-order valence-corrected chi connectivity index (χ2v) is 5.21. The first-order chi connectivity index (χ1) is 7.65. The van der Waals surface area contributed by atoms with Crippen LogP contribution in [0, 0.1) is 5.82 Å². The first kappa shape index (κ1) is 11.7. The van der Waals surface area contributed by atoms with Gasteiger partial charge < -0.3 is 9.84 Å². The molecule has 88 valence electrons. The van der Waals surface area contributed by atoms with Crippen molar-refractivity contribution in [2.75, 3.05) is 18.6 Å². The van der Waals surface area contributed by atoms with E-state index < -0.39 is 5.60 Å². The molecule has 2 rings (SSSR count). The summed E-state index contributed by atoms with van der Waals surface area (Å²) < 4.78 is 18.8. The van der Waals surface area contributed by atoms with Gasteiger partial charge in [0.25, 0.3) is 0 Å². The largest absolute Gasteiger partial charge is 0.497 e. The van der Waals surface area contributed by atoms with E-state index >= 15 is 0 Å². The molecule has 1 fully saturated rings. The van der Waals surface area contributed by atoms with Crippen LogP contribution in [0.1, 0.15) is 18.4 Å². The molecule has 1 N–H and O–H groups in total. The highest BCUT2D eigenvalue weighted by Gasteiger charge is 2.34. The molecule has 16 heavy (non-hydrogen) atoms. The highest BCUT2D eigenvalue weighted by atomic mass is 32.2. The Morgan fingerprint density at radius 3 is 2.69 bits per heavy atom. The molecule has 0 bridgehead atoms. The number of hydrogen-bond acceptors (Lipinski definition) is 3. The van der Waals surface area contributed by atoms with E-state index in [2.05, 4.69) is 0 Å². The molecule has 0 radical (unpaired) electrons. The fourth-order valence-corrected chi connectivity index (χ4v) is 3.13. The molecular weight excluding hydrogens is 227 g/mol. The second-order valence-electron chi connectivity index (χ2n) is 3.99. The van der Waals surface area contributed by atoms with E-state index in [4.69, 9.17) is 4.74 Å². The summed E-state index contributed by atoms with van der Waals surface area (Å²) in [5, 5.41) is 10.4. The van der Waals surface area contributed by atoms with Gasteiger partial charge >= 0.3 is 0 Å². The number of halogens is 1. The van der Waals surface area contributed by atoms with Crippen LogP contribution in [0.25, 0.3) is 0 Å². The minimum atomic E-state index is -1.02. The van der Waals surface area contributed by atoms with E-state index in [0.717, 1.165) is 11.5 Å². The van der Waals surface area contributed by atoms with Crippen molar-refractivity contribution in [3.8, 4) is 5.75 Å². The number of hydrogen-bond donors (Lipinski definition) is 1. The molecule has 4 heteroatoms. The Labute approximate surface area is 98.8 Å². The molecule has 1 heterocycles. The Hall–Kier alpha value is -0.740. The van der Waals surface area contributed by atoms with E-state index in [1.807, 2.05) is 0 Å². The van der Waals surface area contributed by atoms with Crippen LogP contribution in [0.4, 0.5) is 4.39 Å². The summed E-state index contributed by atoms with van der Waals surface area (Å²) >= 11 is 1.79. The topological polar surface area (TPSA) is 29.5 Å². The minimum absolute atomic E-state index is 0.352. The third kappa shape index (κ3) is 2.18. The van der Waals surface area contributed by atoms with Crippen LogP contribution in [-0.2, 0) is 5.60 Å². The number of benzene rings is 1. The Kier molecular flexibility index (Phi) is 3.40. The maximum Gasteiger partial charge on any atom is 0.129 e. The molecule has 1 aromatic carbocycles. The van der Waals surface area contributed by atoms with E-state index in [-0.39, 0.29) is 5.82 Å². The molecule has 1 aliphatic heterocycles. The van der Waals surface area contributed by atoms with Crippen LogP contribution < -0.4 is 4.74 Å². The quantitative estimate of drug-likeness (QED) is 0.864. The fraction of sp³-hybridized carbons (Fsp3) is 0.500. The van der Waals surface area contributed by atoms with E-state index in [1.165, 1.54) is 13.2 Å². The summed E-state index contributed by atoms with van der Waals surface area (Å²) in [6, 6.07) is 4.53. The monoisotopic (exact) mass is 242 g/mol. The Morgan fingerprint density at radius 2 is 2.06 bits per heavy atom. The molecule has 1 aromatic rings. The van der Waals surface area contributed by atoms with Gasteiger partial charge in [0, 0.05) is 5.56 Å². The van der Waals surface area contributed by atoms with Crippen LogP contribution >= 0.6 is 11.8 Å². The second kappa shape index (κ2) is 4.63. The summed E-state index contributed by atoms with van der Waals surface area (Å²) in [5.74, 6) is 1.97. The number of rotatable bonds is 2. The van der Waals surface area contributed by atoms with Gasteiger partial charge in [-0.15, -0.1) is 0 Å². The zero-order valence-electron chi connectivity index (χ0n) is 9.20. The van der Waals surface area contributed by atoms with Crippen LogP contribution in [0.15, 0.2) is 18.2 Å². The summed E-state index contributed by atoms with van der Waals surface area (Å²) in [6.45, 7) is 0. The molecule has 0 amide bonds. The number of ether oxygens (including phenoxy) is 1. The number of methoxy groups -OCH3 is 1. The normalized spacial score (nSPS) is 19.4. The first-order valence-electron chi connectivity index (χ1n) is 5.30. The van der Waals surface area contributed by atoms with Crippen LogP contribution in [-0.4, -0.2) is 23.7 Å². The first-order valence-corrected chi connectivity index (χ1v) is 6.45. The minimum Gasteiger partial charge on any atom is -0.497 e. The SMILES string of the molecule is COc1ccc(F)c(C2(O)CCSCC2)c1. The summed E-state index contributed by atoms with van der Waals surface area (Å²) in [6.07, 6.45) is 1.20. The highest BCUT2D eigenvalue weighted by Crippen LogP contribution is 2.38. The highest BCUT2D eigenvalue weighted by molar-refractivity contribution is 7.99. The summed E-state index contributed by atoms with van der Waals surface area (Å²) in [4.78, 5) is 0.